The number of rotatable bonds is 6. The first-order valence-corrected chi connectivity index (χ1v) is 8.07. The van der Waals surface area contributed by atoms with E-state index in [0.717, 1.165) is 31.2 Å². The number of hydrogen-bond donors (Lipinski definition) is 2. The van der Waals surface area contributed by atoms with Crippen molar-refractivity contribution in [1.82, 2.24) is 10.6 Å². The summed E-state index contributed by atoms with van der Waals surface area (Å²) in [6.45, 7) is 1.69. The second kappa shape index (κ2) is 9.13. The van der Waals surface area contributed by atoms with Gasteiger partial charge in [0.1, 0.15) is 5.75 Å². The van der Waals surface area contributed by atoms with Crippen LogP contribution in [0, 0.1) is 0 Å². The van der Waals surface area contributed by atoms with Crippen LogP contribution in [0.15, 0.2) is 40.9 Å². The van der Waals surface area contributed by atoms with E-state index >= 15 is 0 Å². The monoisotopic (exact) mass is 301 g/mol. The molecule has 0 radical (unpaired) electrons. The molecule has 0 bridgehead atoms. The molecule has 0 aromatic heterocycles. The Morgan fingerprint density at radius 1 is 1.18 bits per heavy atom. The summed E-state index contributed by atoms with van der Waals surface area (Å²) < 4.78 is 5.16. The molecular weight excluding hydrogens is 274 g/mol. The molecule has 0 aliphatic heterocycles. The zero-order chi connectivity index (χ0) is 15.6. The van der Waals surface area contributed by atoms with Crippen LogP contribution in [0.2, 0.25) is 0 Å². The Morgan fingerprint density at radius 2 is 2.00 bits per heavy atom. The molecule has 0 heterocycles. The minimum absolute atomic E-state index is 0.756. The number of benzene rings is 1. The summed E-state index contributed by atoms with van der Waals surface area (Å²) in [5.74, 6) is 1.74. The molecule has 1 aromatic carbocycles. The fourth-order valence-electron chi connectivity index (χ4n) is 2.62. The molecule has 22 heavy (non-hydrogen) atoms. The normalized spacial score (nSPS) is 15.2. The number of aliphatic imine (C=N–C) groups is 1. The summed E-state index contributed by atoms with van der Waals surface area (Å²) in [4.78, 5) is 4.27. The van der Waals surface area contributed by atoms with Crippen molar-refractivity contribution >= 4 is 5.96 Å². The fourth-order valence-corrected chi connectivity index (χ4v) is 2.62. The van der Waals surface area contributed by atoms with Gasteiger partial charge < -0.3 is 15.4 Å². The van der Waals surface area contributed by atoms with E-state index in [0.29, 0.717) is 0 Å². The Balaban J connectivity index is 1.71. The van der Waals surface area contributed by atoms with E-state index in [-0.39, 0.29) is 0 Å². The van der Waals surface area contributed by atoms with Crippen molar-refractivity contribution in [1.29, 1.82) is 0 Å². The summed E-state index contributed by atoms with van der Waals surface area (Å²) >= 11 is 0. The lowest BCUT2D eigenvalue weighted by Gasteiger charge is -2.15. The van der Waals surface area contributed by atoms with E-state index in [1.165, 1.54) is 31.2 Å². The minimum atomic E-state index is 0.756. The third kappa shape index (κ3) is 5.43. The lowest BCUT2D eigenvalue weighted by atomic mass is 9.97. The number of methoxy groups -OCH3 is 1. The van der Waals surface area contributed by atoms with Gasteiger partial charge in [0, 0.05) is 20.1 Å². The average Bonchev–Trinajstić information content (AvgIpc) is 2.59. The van der Waals surface area contributed by atoms with Crippen LogP contribution in [0.4, 0.5) is 0 Å². The van der Waals surface area contributed by atoms with Gasteiger partial charge in [0.05, 0.1) is 7.11 Å². The van der Waals surface area contributed by atoms with Gasteiger partial charge in [-0.15, -0.1) is 0 Å². The maximum Gasteiger partial charge on any atom is 0.191 e. The molecule has 0 saturated carbocycles. The molecule has 1 aliphatic carbocycles. The second-order valence-corrected chi connectivity index (χ2v) is 5.56. The molecular formula is C18H27N3O. The van der Waals surface area contributed by atoms with Crippen molar-refractivity contribution in [2.24, 2.45) is 4.99 Å². The maximum atomic E-state index is 5.16. The number of nitrogens with zero attached hydrogens (tertiary/aromatic N) is 1. The molecule has 0 fully saturated rings. The second-order valence-electron chi connectivity index (χ2n) is 5.56. The number of nitrogens with one attached hydrogen (secondary N) is 2. The highest BCUT2D eigenvalue weighted by Crippen LogP contribution is 2.19. The van der Waals surface area contributed by atoms with Gasteiger partial charge in [0.15, 0.2) is 5.96 Å². The van der Waals surface area contributed by atoms with Crippen LogP contribution in [-0.4, -0.2) is 26.7 Å². The Hall–Kier alpha value is -1.97. The highest BCUT2D eigenvalue weighted by Gasteiger charge is 2.04. The molecule has 0 unspecified atom stereocenters. The standard InChI is InChI=1S/C18H27N3O/c1-19-18(20-13-12-15-6-4-3-5-7-15)21-14-16-8-10-17(22-2)11-9-16/h6,8-11H,3-5,7,12-14H2,1-2H3,(H2,19,20,21). The topological polar surface area (TPSA) is 45.7 Å². The smallest absolute Gasteiger partial charge is 0.191 e. The molecule has 2 rings (SSSR count). The van der Waals surface area contributed by atoms with E-state index in [2.05, 4.69) is 33.8 Å². The summed E-state index contributed by atoms with van der Waals surface area (Å²) in [5.41, 5.74) is 2.79. The maximum absolute atomic E-state index is 5.16. The van der Waals surface area contributed by atoms with Crippen LogP contribution in [0.3, 0.4) is 0 Å². The Labute approximate surface area is 133 Å². The van der Waals surface area contributed by atoms with Gasteiger partial charge in [-0.2, -0.15) is 0 Å². The minimum Gasteiger partial charge on any atom is -0.497 e. The van der Waals surface area contributed by atoms with E-state index in [4.69, 9.17) is 4.74 Å². The number of guanidine groups is 1. The molecule has 0 spiro atoms. The molecule has 4 nitrogen and oxygen atoms in total. The SMILES string of the molecule is CN=C(NCCC1=CCCCC1)NCc1ccc(OC)cc1. The molecule has 0 atom stereocenters. The van der Waals surface area contributed by atoms with Gasteiger partial charge >= 0.3 is 0 Å². The quantitative estimate of drug-likeness (QED) is 0.482. The third-order valence-corrected chi connectivity index (χ3v) is 3.97. The molecule has 1 aromatic rings. The predicted molar refractivity (Wildman–Crippen MR) is 92.4 cm³/mol. The Kier molecular flexibility index (Phi) is 6.81. The first kappa shape index (κ1) is 16.4. The van der Waals surface area contributed by atoms with Gasteiger partial charge in [0.25, 0.3) is 0 Å². The first-order chi connectivity index (χ1) is 10.8. The lowest BCUT2D eigenvalue weighted by molar-refractivity contribution is 0.414. The number of ether oxygens (including phenoxy) is 1. The van der Waals surface area contributed by atoms with Gasteiger partial charge in [-0.25, -0.2) is 0 Å². The zero-order valence-corrected chi connectivity index (χ0v) is 13.7. The van der Waals surface area contributed by atoms with Gasteiger partial charge in [-0.3, -0.25) is 4.99 Å². The van der Waals surface area contributed by atoms with Crippen molar-refractivity contribution in [3.63, 3.8) is 0 Å². The summed E-state index contributed by atoms with van der Waals surface area (Å²) in [5, 5.41) is 6.72. The van der Waals surface area contributed by atoms with E-state index < -0.39 is 0 Å². The molecule has 0 amide bonds. The largest absolute Gasteiger partial charge is 0.497 e. The summed E-state index contributed by atoms with van der Waals surface area (Å²) in [6, 6.07) is 8.07. The molecule has 4 heteroatoms. The van der Waals surface area contributed by atoms with Crippen molar-refractivity contribution < 1.29 is 4.74 Å². The molecule has 1 aliphatic rings. The van der Waals surface area contributed by atoms with Crippen molar-refractivity contribution in [3.05, 3.63) is 41.5 Å². The van der Waals surface area contributed by atoms with Crippen LogP contribution in [0.5, 0.6) is 5.75 Å². The Morgan fingerprint density at radius 3 is 2.64 bits per heavy atom. The van der Waals surface area contributed by atoms with Crippen LogP contribution in [0.1, 0.15) is 37.7 Å². The van der Waals surface area contributed by atoms with Crippen molar-refractivity contribution in [3.8, 4) is 5.75 Å². The van der Waals surface area contributed by atoms with Crippen LogP contribution >= 0.6 is 0 Å². The average molecular weight is 301 g/mol. The summed E-state index contributed by atoms with van der Waals surface area (Å²) in [6.07, 6.45) is 8.72. The molecule has 2 N–H and O–H groups in total. The van der Waals surface area contributed by atoms with E-state index in [9.17, 15) is 0 Å². The van der Waals surface area contributed by atoms with Crippen molar-refractivity contribution in [2.45, 2.75) is 38.6 Å². The molecule has 0 saturated heterocycles. The van der Waals surface area contributed by atoms with Crippen LogP contribution < -0.4 is 15.4 Å². The highest BCUT2D eigenvalue weighted by atomic mass is 16.5. The first-order valence-electron chi connectivity index (χ1n) is 8.07. The fraction of sp³-hybridized carbons (Fsp3) is 0.500. The predicted octanol–water partition coefficient (Wildman–Crippen LogP) is 3.25. The van der Waals surface area contributed by atoms with Gasteiger partial charge in [-0.1, -0.05) is 23.8 Å². The van der Waals surface area contributed by atoms with E-state index in [1.54, 1.807) is 12.7 Å². The summed E-state index contributed by atoms with van der Waals surface area (Å²) in [7, 11) is 3.49. The Bertz CT molecular complexity index is 506. The lowest BCUT2D eigenvalue weighted by Crippen LogP contribution is -2.37. The van der Waals surface area contributed by atoms with Crippen molar-refractivity contribution in [2.75, 3.05) is 20.7 Å². The number of hydrogen-bond acceptors (Lipinski definition) is 2. The molecule has 120 valence electrons. The van der Waals surface area contributed by atoms with Crippen LogP contribution in [-0.2, 0) is 6.54 Å². The van der Waals surface area contributed by atoms with Crippen LogP contribution in [0.25, 0.3) is 0 Å². The van der Waals surface area contributed by atoms with E-state index in [1.807, 2.05) is 19.2 Å². The highest BCUT2D eigenvalue weighted by molar-refractivity contribution is 5.79. The number of allylic oxidation sites excluding steroid dienone is 1. The van der Waals surface area contributed by atoms with Gasteiger partial charge in [-0.05, 0) is 49.8 Å². The third-order valence-electron chi connectivity index (χ3n) is 3.97. The zero-order valence-electron chi connectivity index (χ0n) is 13.7. The van der Waals surface area contributed by atoms with Gasteiger partial charge in [0.2, 0.25) is 0 Å².